The summed E-state index contributed by atoms with van der Waals surface area (Å²) >= 11 is 0. The first-order valence-electron chi connectivity index (χ1n) is 5.35. The molecule has 0 spiro atoms. The smallest absolute Gasteiger partial charge is 0.321 e. The molecule has 0 aliphatic carbocycles. The van der Waals surface area contributed by atoms with Gasteiger partial charge in [0.15, 0.2) is 0 Å². The first-order valence-corrected chi connectivity index (χ1v) is 7.11. The summed E-state index contributed by atoms with van der Waals surface area (Å²) in [6, 6.07) is 1.13. The van der Waals surface area contributed by atoms with Gasteiger partial charge in [0.2, 0.25) is 0 Å². The summed E-state index contributed by atoms with van der Waals surface area (Å²) in [4.78, 5) is 0. The molecular formula is C10H24O2Si. The van der Waals surface area contributed by atoms with E-state index in [1.807, 2.05) is 0 Å². The molecule has 0 rings (SSSR count). The Morgan fingerprint density at radius 1 is 1.23 bits per heavy atom. The molecule has 1 unspecified atom stereocenters. The van der Waals surface area contributed by atoms with E-state index in [0.717, 1.165) is 12.7 Å². The number of hydrogen-bond donors (Lipinski definition) is 0. The highest BCUT2D eigenvalue weighted by molar-refractivity contribution is 6.44. The van der Waals surface area contributed by atoms with Gasteiger partial charge in [-0.3, -0.25) is 0 Å². The van der Waals surface area contributed by atoms with E-state index in [4.69, 9.17) is 8.85 Å². The molecule has 0 radical (unpaired) electrons. The van der Waals surface area contributed by atoms with E-state index in [1.165, 1.54) is 19.3 Å². The Labute approximate surface area is 84.5 Å². The van der Waals surface area contributed by atoms with Crippen LogP contribution in [0, 0.1) is 5.92 Å². The van der Waals surface area contributed by atoms with Gasteiger partial charge in [0.1, 0.15) is 0 Å². The molecule has 1 atom stereocenters. The SMILES string of the molecule is CCCCCO[SiH](CC(C)C)OC. The molecule has 0 aromatic rings. The molecule has 0 aliphatic heterocycles. The Morgan fingerprint density at radius 2 is 1.92 bits per heavy atom. The lowest BCUT2D eigenvalue weighted by Gasteiger charge is -2.15. The van der Waals surface area contributed by atoms with Gasteiger partial charge in [-0.1, -0.05) is 33.6 Å². The summed E-state index contributed by atoms with van der Waals surface area (Å²) in [5, 5.41) is 0. The summed E-state index contributed by atoms with van der Waals surface area (Å²) in [7, 11) is 0.463. The zero-order valence-electron chi connectivity index (χ0n) is 9.51. The molecule has 0 heterocycles. The molecule has 0 aromatic carbocycles. The van der Waals surface area contributed by atoms with Crippen LogP contribution in [0.3, 0.4) is 0 Å². The van der Waals surface area contributed by atoms with Crippen molar-refractivity contribution in [2.24, 2.45) is 5.92 Å². The first-order chi connectivity index (χ1) is 6.20. The van der Waals surface area contributed by atoms with E-state index in [0.29, 0.717) is 5.92 Å². The molecule has 0 saturated heterocycles. The highest BCUT2D eigenvalue weighted by Crippen LogP contribution is 2.07. The first kappa shape index (κ1) is 13.1. The van der Waals surface area contributed by atoms with Crippen molar-refractivity contribution in [3.05, 3.63) is 0 Å². The van der Waals surface area contributed by atoms with Gasteiger partial charge in [-0.15, -0.1) is 0 Å². The van der Waals surface area contributed by atoms with Crippen LogP contribution in [0.4, 0.5) is 0 Å². The van der Waals surface area contributed by atoms with Crippen molar-refractivity contribution in [2.75, 3.05) is 13.7 Å². The van der Waals surface area contributed by atoms with Crippen LogP contribution < -0.4 is 0 Å². The van der Waals surface area contributed by atoms with Crippen molar-refractivity contribution >= 4 is 9.28 Å². The van der Waals surface area contributed by atoms with Crippen molar-refractivity contribution in [2.45, 2.75) is 46.1 Å². The average Bonchev–Trinajstić information content (AvgIpc) is 2.09. The zero-order chi connectivity index (χ0) is 10.1. The molecule has 0 aliphatic rings. The van der Waals surface area contributed by atoms with E-state index < -0.39 is 9.28 Å². The monoisotopic (exact) mass is 204 g/mol. The van der Waals surface area contributed by atoms with E-state index in [-0.39, 0.29) is 0 Å². The lowest BCUT2D eigenvalue weighted by atomic mass is 10.3. The van der Waals surface area contributed by atoms with Gasteiger partial charge < -0.3 is 8.85 Å². The summed E-state index contributed by atoms with van der Waals surface area (Å²) in [5.74, 6) is 0.697. The Kier molecular flexibility index (Phi) is 8.81. The molecule has 0 aromatic heterocycles. The average molecular weight is 204 g/mol. The summed E-state index contributed by atoms with van der Waals surface area (Å²) in [6.07, 6.45) is 3.71. The van der Waals surface area contributed by atoms with Crippen molar-refractivity contribution < 1.29 is 8.85 Å². The molecule has 0 N–H and O–H groups in total. The minimum absolute atomic E-state index is 0.697. The van der Waals surface area contributed by atoms with Crippen LogP contribution in [-0.4, -0.2) is 23.0 Å². The van der Waals surface area contributed by atoms with Crippen LogP contribution >= 0.6 is 0 Å². The van der Waals surface area contributed by atoms with Crippen molar-refractivity contribution in [1.82, 2.24) is 0 Å². The van der Waals surface area contributed by atoms with E-state index in [2.05, 4.69) is 20.8 Å². The fourth-order valence-corrected chi connectivity index (χ4v) is 2.85. The largest absolute Gasteiger partial charge is 0.400 e. The van der Waals surface area contributed by atoms with E-state index in [1.54, 1.807) is 7.11 Å². The third-order valence-electron chi connectivity index (χ3n) is 1.98. The molecule has 0 amide bonds. The second kappa shape index (κ2) is 8.72. The molecule has 0 fully saturated rings. The second-order valence-electron chi connectivity index (χ2n) is 3.87. The van der Waals surface area contributed by atoms with Crippen LogP contribution in [0.1, 0.15) is 40.0 Å². The molecule has 3 heteroatoms. The van der Waals surface area contributed by atoms with Gasteiger partial charge in [0, 0.05) is 13.7 Å². The third kappa shape index (κ3) is 8.47. The van der Waals surface area contributed by atoms with Gasteiger partial charge in [-0.05, 0) is 18.4 Å². The topological polar surface area (TPSA) is 18.5 Å². The number of hydrogen-bond acceptors (Lipinski definition) is 2. The van der Waals surface area contributed by atoms with Gasteiger partial charge in [-0.2, -0.15) is 0 Å². The van der Waals surface area contributed by atoms with Gasteiger partial charge in [0.05, 0.1) is 0 Å². The van der Waals surface area contributed by atoms with Crippen molar-refractivity contribution in [3.8, 4) is 0 Å². The number of rotatable bonds is 8. The highest BCUT2D eigenvalue weighted by atomic mass is 28.3. The van der Waals surface area contributed by atoms with Crippen LogP contribution in [0.15, 0.2) is 0 Å². The van der Waals surface area contributed by atoms with Crippen molar-refractivity contribution in [3.63, 3.8) is 0 Å². The highest BCUT2D eigenvalue weighted by Gasteiger charge is 2.12. The lowest BCUT2D eigenvalue weighted by molar-refractivity contribution is 0.220. The van der Waals surface area contributed by atoms with Gasteiger partial charge in [0.25, 0.3) is 0 Å². The molecule has 0 bridgehead atoms. The molecule has 13 heavy (non-hydrogen) atoms. The summed E-state index contributed by atoms with van der Waals surface area (Å²) < 4.78 is 11.1. The second-order valence-corrected chi connectivity index (χ2v) is 6.01. The third-order valence-corrected chi connectivity index (χ3v) is 4.44. The number of unbranched alkanes of at least 4 members (excludes halogenated alkanes) is 2. The van der Waals surface area contributed by atoms with Crippen LogP contribution in [-0.2, 0) is 8.85 Å². The lowest BCUT2D eigenvalue weighted by Crippen LogP contribution is -2.23. The maximum atomic E-state index is 5.72. The Hall–Kier alpha value is 0.137. The summed E-state index contributed by atoms with van der Waals surface area (Å²) in [6.45, 7) is 7.54. The zero-order valence-corrected chi connectivity index (χ0v) is 10.7. The van der Waals surface area contributed by atoms with Crippen LogP contribution in [0.5, 0.6) is 0 Å². The van der Waals surface area contributed by atoms with Crippen LogP contribution in [0.2, 0.25) is 6.04 Å². The molecule has 0 saturated carbocycles. The predicted molar refractivity (Wildman–Crippen MR) is 59.3 cm³/mol. The molecule has 80 valence electrons. The molecule has 2 nitrogen and oxygen atoms in total. The molecular weight excluding hydrogens is 180 g/mol. The standard InChI is InChI=1S/C10H24O2Si/c1-5-6-7-8-12-13(11-4)9-10(2)3/h10,13H,5-9H2,1-4H3. The maximum absolute atomic E-state index is 5.72. The normalized spacial score (nSPS) is 13.6. The van der Waals surface area contributed by atoms with Gasteiger partial charge >= 0.3 is 9.28 Å². The Bertz CT molecular complexity index is 107. The van der Waals surface area contributed by atoms with Crippen LogP contribution in [0.25, 0.3) is 0 Å². The fraction of sp³-hybridized carbons (Fsp3) is 1.00. The Morgan fingerprint density at radius 3 is 2.38 bits per heavy atom. The summed E-state index contributed by atoms with van der Waals surface area (Å²) in [5.41, 5.74) is 0. The Balaban J connectivity index is 3.36. The minimum Gasteiger partial charge on any atom is -0.400 e. The van der Waals surface area contributed by atoms with E-state index >= 15 is 0 Å². The van der Waals surface area contributed by atoms with Crippen molar-refractivity contribution in [1.29, 1.82) is 0 Å². The fourth-order valence-electron chi connectivity index (χ4n) is 1.18. The van der Waals surface area contributed by atoms with E-state index in [9.17, 15) is 0 Å². The maximum Gasteiger partial charge on any atom is 0.321 e. The minimum atomic E-state index is -1.31. The predicted octanol–water partition coefficient (Wildman–Crippen LogP) is 2.72. The quantitative estimate of drug-likeness (QED) is 0.447. The van der Waals surface area contributed by atoms with Gasteiger partial charge in [-0.25, -0.2) is 0 Å².